The number of H-pyrrole nitrogens is 1. The van der Waals surface area contributed by atoms with Crippen molar-refractivity contribution in [2.24, 2.45) is 0 Å². The van der Waals surface area contributed by atoms with Crippen molar-refractivity contribution in [1.29, 1.82) is 0 Å². The van der Waals surface area contributed by atoms with Crippen LogP contribution >= 0.6 is 23.2 Å². The monoisotopic (exact) mass is 501 g/mol. The van der Waals surface area contributed by atoms with Crippen LogP contribution in [-0.2, 0) is 20.7 Å². The van der Waals surface area contributed by atoms with Gasteiger partial charge in [-0.1, -0.05) is 30.1 Å². The summed E-state index contributed by atoms with van der Waals surface area (Å²) in [4.78, 5) is 41.7. The van der Waals surface area contributed by atoms with Crippen LogP contribution in [0.1, 0.15) is 23.7 Å². The average Bonchev–Trinajstić information content (AvgIpc) is 3.26. The maximum atomic E-state index is 13.7. The quantitative estimate of drug-likeness (QED) is 0.398. The van der Waals surface area contributed by atoms with E-state index in [-0.39, 0.29) is 35.0 Å². The SMILES string of the molecule is CCc1[nH]n(-c2ccc(Cl)c(Cl)c2)c(=O)c1C1=C([n+]2cccc(C)c2)C(=O)N(CCOC)C1=O. The van der Waals surface area contributed by atoms with E-state index >= 15 is 0 Å². The average molecular weight is 502 g/mol. The minimum Gasteiger partial charge on any atom is -0.383 e. The van der Waals surface area contributed by atoms with Gasteiger partial charge in [0.15, 0.2) is 12.4 Å². The van der Waals surface area contributed by atoms with Crippen molar-refractivity contribution < 1.29 is 18.9 Å². The number of hydrogen-bond donors (Lipinski definition) is 1. The number of amides is 2. The number of methoxy groups -OCH3 is 1. The summed E-state index contributed by atoms with van der Waals surface area (Å²) in [6.45, 7) is 3.99. The van der Waals surface area contributed by atoms with Gasteiger partial charge in [-0.2, -0.15) is 4.57 Å². The van der Waals surface area contributed by atoms with E-state index in [1.807, 2.05) is 19.9 Å². The number of aromatic nitrogens is 3. The van der Waals surface area contributed by atoms with Gasteiger partial charge in [-0.25, -0.2) is 4.68 Å². The number of hydrogen-bond acceptors (Lipinski definition) is 4. The second kappa shape index (κ2) is 9.58. The van der Waals surface area contributed by atoms with Crippen molar-refractivity contribution in [2.45, 2.75) is 20.3 Å². The van der Waals surface area contributed by atoms with Crippen LogP contribution in [0.15, 0.2) is 47.5 Å². The van der Waals surface area contributed by atoms with E-state index in [9.17, 15) is 14.4 Å². The molecule has 0 fully saturated rings. The molecule has 34 heavy (non-hydrogen) atoms. The summed E-state index contributed by atoms with van der Waals surface area (Å²) in [5.41, 5.74) is 1.72. The summed E-state index contributed by atoms with van der Waals surface area (Å²) in [6, 6.07) is 8.45. The van der Waals surface area contributed by atoms with Gasteiger partial charge in [0.05, 0.1) is 34.4 Å². The summed E-state index contributed by atoms with van der Waals surface area (Å²) < 4.78 is 7.98. The van der Waals surface area contributed by atoms with Crippen molar-refractivity contribution >= 4 is 46.3 Å². The Balaban J connectivity index is 1.98. The van der Waals surface area contributed by atoms with Crippen LogP contribution in [0, 0.1) is 6.92 Å². The van der Waals surface area contributed by atoms with Crippen LogP contribution in [0.4, 0.5) is 0 Å². The van der Waals surface area contributed by atoms with Gasteiger partial charge in [0.25, 0.3) is 17.2 Å². The number of halogens is 2. The van der Waals surface area contributed by atoms with Crippen LogP contribution < -0.4 is 10.1 Å². The summed E-state index contributed by atoms with van der Waals surface area (Å²) in [6.07, 6.45) is 3.85. The van der Waals surface area contributed by atoms with Gasteiger partial charge >= 0.3 is 5.91 Å². The lowest BCUT2D eigenvalue weighted by atomic mass is 10.0. The molecule has 2 amide bonds. The molecule has 1 aliphatic heterocycles. The lowest BCUT2D eigenvalue weighted by Crippen LogP contribution is -2.40. The molecule has 1 aromatic carbocycles. The van der Waals surface area contributed by atoms with E-state index < -0.39 is 17.4 Å². The highest BCUT2D eigenvalue weighted by atomic mass is 35.5. The molecule has 4 rings (SSSR count). The van der Waals surface area contributed by atoms with Crippen LogP contribution in [0.5, 0.6) is 0 Å². The first-order chi connectivity index (χ1) is 16.3. The van der Waals surface area contributed by atoms with E-state index in [0.29, 0.717) is 22.8 Å². The second-order valence-electron chi connectivity index (χ2n) is 7.82. The molecule has 2 aromatic heterocycles. The molecule has 8 nitrogen and oxygen atoms in total. The highest BCUT2D eigenvalue weighted by molar-refractivity contribution is 6.44. The number of nitrogens with one attached hydrogen (secondary N) is 1. The Bertz CT molecular complexity index is 1390. The first-order valence-corrected chi connectivity index (χ1v) is 11.4. The molecule has 0 bridgehead atoms. The van der Waals surface area contributed by atoms with Crippen molar-refractivity contribution in [3.05, 3.63) is 79.9 Å². The Labute approximate surface area is 206 Å². The zero-order chi connectivity index (χ0) is 24.6. The molecule has 1 aliphatic rings. The number of carbonyl (C=O) groups excluding carboxylic acids is 2. The van der Waals surface area contributed by atoms with Crippen LogP contribution in [0.2, 0.25) is 10.0 Å². The number of aryl methyl sites for hydroxylation is 2. The molecule has 3 aromatic rings. The summed E-state index contributed by atoms with van der Waals surface area (Å²) in [5, 5.41) is 3.71. The predicted octanol–water partition coefficient (Wildman–Crippen LogP) is 3.01. The molecule has 3 heterocycles. The lowest BCUT2D eigenvalue weighted by molar-refractivity contribution is -0.577. The third-order valence-electron chi connectivity index (χ3n) is 5.60. The number of ether oxygens (including phenoxy) is 1. The first kappa shape index (κ1) is 23.9. The number of carbonyl (C=O) groups is 2. The van der Waals surface area contributed by atoms with Crippen LogP contribution in [0.3, 0.4) is 0 Å². The van der Waals surface area contributed by atoms with Gasteiger partial charge in [-0.3, -0.25) is 24.4 Å². The molecular formula is C24H23Cl2N4O4+. The number of benzene rings is 1. The van der Waals surface area contributed by atoms with E-state index in [4.69, 9.17) is 27.9 Å². The molecule has 0 radical (unpaired) electrons. The molecule has 0 saturated carbocycles. The zero-order valence-corrected chi connectivity index (χ0v) is 20.4. The predicted molar refractivity (Wildman–Crippen MR) is 129 cm³/mol. The van der Waals surface area contributed by atoms with Crippen molar-refractivity contribution in [3.8, 4) is 5.69 Å². The largest absolute Gasteiger partial charge is 0.383 e. The topological polar surface area (TPSA) is 88.3 Å². The maximum absolute atomic E-state index is 13.7. The number of nitrogens with zero attached hydrogens (tertiary/aromatic N) is 3. The first-order valence-electron chi connectivity index (χ1n) is 10.7. The minimum absolute atomic E-state index is 0.0496. The third-order valence-corrected chi connectivity index (χ3v) is 6.34. The number of imide groups is 1. The Kier molecular flexibility index (Phi) is 6.74. The standard InChI is InChI=1S/C24H22Cl2N4O4/c1-4-18-19(23(32)30(27-18)15-7-8-16(25)17(26)12-15)20-21(28-9-5-6-14(2)13-28)24(33)29(22(20)31)10-11-34-3/h5-9,12-13H,4,10-11H2,1-3H3/p+1. The Hall–Kier alpha value is -3.20. The highest BCUT2D eigenvalue weighted by Gasteiger charge is 2.47. The lowest BCUT2D eigenvalue weighted by Gasteiger charge is -2.12. The summed E-state index contributed by atoms with van der Waals surface area (Å²) >= 11 is 12.2. The van der Waals surface area contributed by atoms with E-state index in [2.05, 4.69) is 5.10 Å². The van der Waals surface area contributed by atoms with Gasteiger partial charge in [0, 0.05) is 24.4 Å². The van der Waals surface area contributed by atoms with Crippen molar-refractivity contribution in [2.75, 3.05) is 20.3 Å². The number of aromatic amines is 1. The van der Waals surface area contributed by atoms with Gasteiger partial charge < -0.3 is 4.74 Å². The fraction of sp³-hybridized carbons (Fsp3) is 0.250. The van der Waals surface area contributed by atoms with Gasteiger partial charge in [0.1, 0.15) is 5.57 Å². The van der Waals surface area contributed by atoms with Gasteiger partial charge in [-0.15, -0.1) is 0 Å². The molecule has 0 atom stereocenters. The fourth-order valence-electron chi connectivity index (χ4n) is 3.95. The molecule has 0 saturated heterocycles. The Morgan fingerprint density at radius 3 is 2.50 bits per heavy atom. The van der Waals surface area contributed by atoms with Crippen molar-refractivity contribution in [1.82, 2.24) is 14.7 Å². The molecule has 1 N–H and O–H groups in total. The maximum Gasteiger partial charge on any atom is 0.326 e. The second-order valence-corrected chi connectivity index (χ2v) is 8.64. The van der Waals surface area contributed by atoms with E-state index in [0.717, 1.165) is 10.5 Å². The van der Waals surface area contributed by atoms with E-state index in [1.54, 1.807) is 41.2 Å². The normalized spacial score (nSPS) is 14.0. The van der Waals surface area contributed by atoms with Crippen LogP contribution in [-0.4, -0.2) is 46.8 Å². The third kappa shape index (κ3) is 4.09. The minimum atomic E-state index is -0.543. The fourth-order valence-corrected chi connectivity index (χ4v) is 4.24. The molecule has 0 aliphatic carbocycles. The smallest absolute Gasteiger partial charge is 0.326 e. The molecular weight excluding hydrogens is 479 g/mol. The van der Waals surface area contributed by atoms with Crippen LogP contribution in [0.25, 0.3) is 17.0 Å². The zero-order valence-electron chi connectivity index (χ0n) is 18.9. The summed E-state index contributed by atoms with van der Waals surface area (Å²) in [5.74, 6) is -1.03. The summed E-state index contributed by atoms with van der Waals surface area (Å²) in [7, 11) is 1.49. The van der Waals surface area contributed by atoms with Crippen molar-refractivity contribution in [3.63, 3.8) is 0 Å². The number of rotatable bonds is 7. The van der Waals surface area contributed by atoms with Gasteiger partial charge in [0.2, 0.25) is 0 Å². The Morgan fingerprint density at radius 2 is 1.85 bits per heavy atom. The van der Waals surface area contributed by atoms with Gasteiger partial charge in [-0.05, 0) is 37.6 Å². The molecule has 10 heteroatoms. The number of pyridine rings is 1. The molecule has 0 unspecified atom stereocenters. The molecule has 176 valence electrons. The molecule has 0 spiro atoms. The highest BCUT2D eigenvalue weighted by Crippen LogP contribution is 2.31. The van der Waals surface area contributed by atoms with E-state index in [1.165, 1.54) is 11.8 Å². The Morgan fingerprint density at radius 1 is 1.09 bits per heavy atom.